The van der Waals surface area contributed by atoms with E-state index in [1.807, 2.05) is 11.3 Å². The second-order valence-corrected chi connectivity index (χ2v) is 21.0. The van der Waals surface area contributed by atoms with Crippen LogP contribution in [-0.2, 0) is 16.2 Å². The van der Waals surface area contributed by atoms with E-state index < -0.39 is 0 Å². The van der Waals surface area contributed by atoms with E-state index in [2.05, 4.69) is 200 Å². The number of nitrogens with zero attached hydrogens (tertiary/aromatic N) is 1. The zero-order valence-corrected chi connectivity index (χ0v) is 35.9. The van der Waals surface area contributed by atoms with Crippen molar-refractivity contribution in [2.24, 2.45) is 0 Å². The molecule has 8 aromatic rings. The second-order valence-electron chi connectivity index (χ2n) is 19.9. The average Bonchev–Trinajstić information content (AvgIpc) is 3.52. The number of nitrogens with one attached hydrogen (secondary N) is 1. The lowest BCUT2D eigenvalue weighted by molar-refractivity contribution is 0.590. The minimum absolute atomic E-state index is 0.0219. The number of benzene rings is 7. The van der Waals surface area contributed by atoms with E-state index in [4.69, 9.17) is 0 Å². The first kappa shape index (κ1) is 35.6. The minimum Gasteiger partial charge on any atom is -0.356 e. The molecular formula is C54H49BN2S. The molecule has 7 aromatic carbocycles. The molecule has 0 fully saturated rings. The molecule has 1 aliphatic carbocycles. The molecule has 1 N–H and O–H groups in total. The number of hydrogen-bond donors (Lipinski definition) is 1. The Balaban J connectivity index is 1.25. The zero-order chi connectivity index (χ0) is 40.0. The monoisotopic (exact) mass is 768 g/mol. The van der Waals surface area contributed by atoms with Crippen molar-refractivity contribution >= 4 is 83.0 Å². The normalized spacial score (nSPS) is 14.0. The molecule has 0 saturated heterocycles. The first-order valence-electron chi connectivity index (χ1n) is 20.9. The first-order valence-corrected chi connectivity index (χ1v) is 21.7. The number of rotatable bonds is 1. The maximum Gasteiger partial charge on any atom is 0.264 e. The SMILES string of the molecule is CC(C)(C)c1ccc(N2c3cc(C(C)(C)C)cc4c3B(c3ccc5c(c3N4)-c3ccccc3-c3cccc4cccc-5c34)c3sc4ccc(C(C)(C)C)cc4c32)cc1. The maximum absolute atomic E-state index is 4.22. The Morgan fingerprint density at radius 3 is 1.88 bits per heavy atom. The van der Waals surface area contributed by atoms with Crippen molar-refractivity contribution in [1.29, 1.82) is 0 Å². The van der Waals surface area contributed by atoms with Crippen LogP contribution in [-0.4, -0.2) is 6.71 Å². The molecule has 1 aromatic heterocycles. The van der Waals surface area contributed by atoms with Crippen molar-refractivity contribution in [2.75, 3.05) is 10.2 Å². The molecule has 4 heteroatoms. The van der Waals surface area contributed by atoms with Gasteiger partial charge in [0.25, 0.3) is 6.71 Å². The fourth-order valence-electron chi connectivity index (χ4n) is 9.94. The molecule has 0 unspecified atom stereocenters. The van der Waals surface area contributed by atoms with Crippen molar-refractivity contribution in [3.05, 3.63) is 144 Å². The standard InChI is InChI=1S/C54H49BN2S/c1-52(2,3)32-20-23-35(24-21-32)57-44-30-34(54(7,8)9)29-43-48(44)55(51-50(57)41-28-33(53(4,5)6)22-27-45(41)58-51)42-26-25-40-39-19-13-15-31-14-12-18-37(46(31)39)36-16-10-11-17-38(36)47(40)49(42)56-43/h10-30,56H,1-9H3. The zero-order valence-electron chi connectivity index (χ0n) is 35.1. The Bertz CT molecular complexity index is 3030. The lowest BCUT2D eigenvalue weighted by atomic mass is 9.36. The van der Waals surface area contributed by atoms with Gasteiger partial charge in [-0.3, -0.25) is 0 Å². The number of anilines is 5. The predicted molar refractivity (Wildman–Crippen MR) is 254 cm³/mol. The van der Waals surface area contributed by atoms with Crippen LogP contribution in [0.2, 0.25) is 0 Å². The highest BCUT2D eigenvalue weighted by Gasteiger charge is 2.45. The van der Waals surface area contributed by atoms with Gasteiger partial charge < -0.3 is 10.2 Å². The summed E-state index contributed by atoms with van der Waals surface area (Å²) in [6.07, 6.45) is 0. The average molecular weight is 769 g/mol. The molecule has 0 radical (unpaired) electrons. The molecule has 0 spiro atoms. The number of hydrogen-bond acceptors (Lipinski definition) is 3. The van der Waals surface area contributed by atoms with E-state index in [9.17, 15) is 0 Å². The van der Waals surface area contributed by atoms with Crippen LogP contribution < -0.4 is 25.9 Å². The molecule has 3 aliphatic rings. The highest BCUT2D eigenvalue weighted by molar-refractivity contribution is 7.33. The Hall–Kier alpha value is -5.58. The number of thiophene rings is 1. The molecule has 11 rings (SSSR count). The van der Waals surface area contributed by atoms with Crippen LogP contribution in [0, 0.1) is 0 Å². The maximum atomic E-state index is 4.22. The summed E-state index contributed by atoms with van der Waals surface area (Å²) in [6.45, 7) is 21.0. The molecule has 0 bridgehead atoms. The summed E-state index contributed by atoms with van der Waals surface area (Å²) >= 11 is 1.98. The number of fused-ring (bicyclic) bond motifs is 12. The van der Waals surface area contributed by atoms with Crippen LogP contribution >= 0.6 is 11.3 Å². The van der Waals surface area contributed by atoms with Crippen molar-refractivity contribution in [1.82, 2.24) is 0 Å². The van der Waals surface area contributed by atoms with E-state index in [0.717, 1.165) is 0 Å². The predicted octanol–water partition coefficient (Wildman–Crippen LogP) is 13.6. The highest BCUT2D eigenvalue weighted by Crippen LogP contribution is 2.53. The summed E-state index contributed by atoms with van der Waals surface area (Å²) in [5, 5.41) is 8.17. The van der Waals surface area contributed by atoms with Crippen LogP contribution in [0.4, 0.5) is 28.4 Å². The van der Waals surface area contributed by atoms with E-state index in [1.165, 1.54) is 115 Å². The quantitative estimate of drug-likeness (QED) is 0.167. The van der Waals surface area contributed by atoms with Gasteiger partial charge in [-0.25, -0.2) is 0 Å². The van der Waals surface area contributed by atoms with Crippen molar-refractivity contribution in [3.63, 3.8) is 0 Å². The fourth-order valence-corrected chi connectivity index (χ4v) is 11.2. The van der Waals surface area contributed by atoms with Crippen molar-refractivity contribution in [3.8, 4) is 33.4 Å². The van der Waals surface area contributed by atoms with E-state index in [1.54, 1.807) is 0 Å². The van der Waals surface area contributed by atoms with Gasteiger partial charge in [0, 0.05) is 43.2 Å². The molecule has 3 heterocycles. The van der Waals surface area contributed by atoms with Crippen molar-refractivity contribution < 1.29 is 0 Å². The topological polar surface area (TPSA) is 15.3 Å². The van der Waals surface area contributed by atoms with Gasteiger partial charge in [0.05, 0.1) is 5.69 Å². The van der Waals surface area contributed by atoms with Gasteiger partial charge >= 0.3 is 0 Å². The van der Waals surface area contributed by atoms with Crippen molar-refractivity contribution in [2.45, 2.75) is 78.6 Å². The molecule has 0 amide bonds. The Morgan fingerprint density at radius 1 is 0.552 bits per heavy atom. The third kappa shape index (κ3) is 5.10. The highest BCUT2D eigenvalue weighted by atomic mass is 32.1. The molecule has 284 valence electrons. The van der Waals surface area contributed by atoms with Crippen LogP contribution in [0.5, 0.6) is 0 Å². The minimum atomic E-state index is -0.0708. The van der Waals surface area contributed by atoms with Crippen LogP contribution in [0.1, 0.15) is 79.0 Å². The van der Waals surface area contributed by atoms with Gasteiger partial charge in [-0.2, -0.15) is 0 Å². The smallest absolute Gasteiger partial charge is 0.264 e. The van der Waals surface area contributed by atoms with Gasteiger partial charge in [0.1, 0.15) is 0 Å². The Morgan fingerprint density at radius 2 is 1.19 bits per heavy atom. The lowest BCUT2D eigenvalue weighted by Gasteiger charge is -2.41. The molecule has 58 heavy (non-hydrogen) atoms. The molecular weight excluding hydrogens is 719 g/mol. The van der Waals surface area contributed by atoms with Crippen LogP contribution in [0.25, 0.3) is 54.2 Å². The third-order valence-electron chi connectivity index (χ3n) is 13.1. The van der Waals surface area contributed by atoms with Gasteiger partial charge in [-0.05, 0) is 119 Å². The summed E-state index contributed by atoms with van der Waals surface area (Å²) in [5.74, 6) is 0. The third-order valence-corrected chi connectivity index (χ3v) is 14.3. The second kappa shape index (κ2) is 12.0. The lowest BCUT2D eigenvalue weighted by Crippen LogP contribution is -2.59. The fraction of sp³-hybridized carbons (Fsp3) is 0.222. The molecule has 0 atom stereocenters. The van der Waals surface area contributed by atoms with Gasteiger partial charge in [-0.15, -0.1) is 11.3 Å². The van der Waals surface area contributed by atoms with Crippen LogP contribution in [0.3, 0.4) is 0 Å². The summed E-state index contributed by atoms with van der Waals surface area (Å²) in [5.41, 5.74) is 20.7. The molecule has 2 nitrogen and oxygen atoms in total. The van der Waals surface area contributed by atoms with E-state index in [0.29, 0.717) is 0 Å². The van der Waals surface area contributed by atoms with Gasteiger partial charge in [0.15, 0.2) is 0 Å². The Kier molecular flexibility index (Phi) is 7.36. The molecule has 0 saturated carbocycles. The van der Waals surface area contributed by atoms with E-state index in [-0.39, 0.29) is 23.0 Å². The summed E-state index contributed by atoms with van der Waals surface area (Å²) in [6, 6.07) is 49.2. The van der Waals surface area contributed by atoms with Gasteiger partial charge in [-0.1, -0.05) is 153 Å². The summed E-state index contributed by atoms with van der Waals surface area (Å²) in [7, 11) is 0. The van der Waals surface area contributed by atoms with Gasteiger partial charge in [0.2, 0.25) is 0 Å². The Labute approximate surface area is 347 Å². The largest absolute Gasteiger partial charge is 0.356 e. The van der Waals surface area contributed by atoms with E-state index >= 15 is 0 Å². The van der Waals surface area contributed by atoms with Crippen LogP contribution in [0.15, 0.2) is 127 Å². The summed E-state index contributed by atoms with van der Waals surface area (Å²) < 4.78 is 2.75. The summed E-state index contributed by atoms with van der Waals surface area (Å²) in [4.78, 5) is 2.61. The first-order chi connectivity index (χ1) is 27.7. The molecule has 2 aliphatic heterocycles.